The molecule has 2 N–H and O–H groups in total. The van der Waals surface area contributed by atoms with Crippen molar-refractivity contribution in [3.05, 3.63) is 29.0 Å². The maximum absolute atomic E-state index is 10.9. The van der Waals surface area contributed by atoms with Crippen LogP contribution in [0, 0.1) is 20.8 Å². The van der Waals surface area contributed by atoms with Crippen molar-refractivity contribution in [3.8, 4) is 11.5 Å². The predicted molar refractivity (Wildman–Crippen MR) is 73.3 cm³/mol. The van der Waals surface area contributed by atoms with Crippen molar-refractivity contribution in [1.29, 1.82) is 0 Å². The van der Waals surface area contributed by atoms with Crippen molar-refractivity contribution < 1.29 is 29.3 Å². The molecular weight excluding hydrogens is 278 g/mol. The number of benzene rings is 1. The Morgan fingerprint density at radius 2 is 1.57 bits per heavy atom. The van der Waals surface area contributed by atoms with Gasteiger partial charge in [-0.2, -0.15) is 0 Å². The van der Waals surface area contributed by atoms with Crippen LogP contribution in [0.4, 0.5) is 9.59 Å². The van der Waals surface area contributed by atoms with E-state index in [0.29, 0.717) is 10.9 Å². The second-order valence-corrected chi connectivity index (χ2v) is 4.49. The second-order valence-electron chi connectivity index (χ2n) is 4.49. The van der Waals surface area contributed by atoms with Crippen LogP contribution in [0.5, 0.6) is 11.5 Å². The van der Waals surface area contributed by atoms with Gasteiger partial charge in [-0.1, -0.05) is 6.07 Å². The molecule has 0 fully saturated rings. The number of rotatable bonds is 2. The summed E-state index contributed by atoms with van der Waals surface area (Å²) in [4.78, 5) is 25.9. The molecule has 0 unspecified atom stereocenters. The normalized spacial score (nSPS) is 10.4. The molecule has 1 heterocycles. The van der Waals surface area contributed by atoms with Crippen LogP contribution in [0.25, 0.3) is 10.9 Å². The van der Waals surface area contributed by atoms with Crippen LogP contribution in [0.15, 0.2) is 12.1 Å². The number of hydrogen-bond donors (Lipinski definition) is 2. The van der Waals surface area contributed by atoms with Crippen LogP contribution in [0.1, 0.15) is 16.8 Å². The predicted octanol–water partition coefficient (Wildman–Crippen LogP) is 3.27. The van der Waals surface area contributed by atoms with Gasteiger partial charge >= 0.3 is 12.3 Å². The third kappa shape index (κ3) is 2.71. The van der Waals surface area contributed by atoms with Crippen LogP contribution in [-0.2, 0) is 0 Å². The SMILES string of the molecule is Cc1ccc2nc(C)c(OC(=O)O)c(OC(=O)O)c2c1C. The molecule has 7 nitrogen and oxygen atoms in total. The summed E-state index contributed by atoms with van der Waals surface area (Å²) in [5.41, 5.74) is 2.37. The van der Waals surface area contributed by atoms with E-state index in [0.717, 1.165) is 11.1 Å². The van der Waals surface area contributed by atoms with Gasteiger partial charge in [0.2, 0.25) is 0 Å². The number of aromatic nitrogens is 1. The molecule has 0 aliphatic rings. The van der Waals surface area contributed by atoms with Crippen LogP contribution >= 0.6 is 0 Å². The molecule has 21 heavy (non-hydrogen) atoms. The molecular formula is C14H13NO6. The van der Waals surface area contributed by atoms with Gasteiger partial charge in [0.15, 0.2) is 11.5 Å². The van der Waals surface area contributed by atoms with E-state index >= 15 is 0 Å². The fourth-order valence-corrected chi connectivity index (χ4v) is 2.08. The molecule has 0 bridgehead atoms. The number of carbonyl (C=O) groups is 2. The molecule has 0 radical (unpaired) electrons. The number of pyridine rings is 1. The van der Waals surface area contributed by atoms with E-state index in [-0.39, 0.29) is 17.2 Å². The Bertz CT molecular complexity index is 753. The largest absolute Gasteiger partial charge is 0.511 e. The molecule has 0 saturated heterocycles. The molecule has 0 saturated carbocycles. The van der Waals surface area contributed by atoms with Gasteiger partial charge in [0, 0.05) is 0 Å². The molecule has 0 aliphatic carbocycles. The smallest absolute Gasteiger partial charge is 0.449 e. The fraction of sp³-hybridized carbons (Fsp3) is 0.214. The van der Waals surface area contributed by atoms with Gasteiger partial charge in [-0.15, -0.1) is 0 Å². The van der Waals surface area contributed by atoms with E-state index in [1.54, 1.807) is 13.0 Å². The number of carboxylic acid groups (broad SMARTS) is 2. The maximum atomic E-state index is 10.9. The Hall–Kier alpha value is -2.83. The summed E-state index contributed by atoms with van der Waals surface area (Å²) in [6, 6.07) is 3.55. The third-order valence-corrected chi connectivity index (χ3v) is 3.14. The zero-order valence-corrected chi connectivity index (χ0v) is 11.6. The first-order chi connectivity index (χ1) is 9.81. The fourth-order valence-electron chi connectivity index (χ4n) is 2.08. The van der Waals surface area contributed by atoms with Gasteiger partial charge in [-0.25, -0.2) is 14.6 Å². The number of fused-ring (bicyclic) bond motifs is 1. The third-order valence-electron chi connectivity index (χ3n) is 3.14. The zero-order valence-electron chi connectivity index (χ0n) is 11.6. The lowest BCUT2D eigenvalue weighted by Gasteiger charge is -2.14. The van der Waals surface area contributed by atoms with Gasteiger partial charge < -0.3 is 19.7 Å². The summed E-state index contributed by atoms with van der Waals surface area (Å²) in [7, 11) is 0. The summed E-state index contributed by atoms with van der Waals surface area (Å²) < 4.78 is 9.41. The molecule has 110 valence electrons. The van der Waals surface area contributed by atoms with Gasteiger partial charge in [0.1, 0.15) is 0 Å². The summed E-state index contributed by atoms with van der Waals surface area (Å²) in [5, 5.41) is 18.1. The molecule has 7 heteroatoms. The van der Waals surface area contributed by atoms with Crippen molar-refractivity contribution in [2.24, 2.45) is 0 Å². The standard InChI is InChI=1S/C14H13NO6/c1-6-4-5-9-10(7(6)2)12(21-14(18)19)11(8(3)15-9)20-13(16)17/h4-5H,1-3H3,(H,16,17)(H,18,19). The van der Waals surface area contributed by atoms with Crippen molar-refractivity contribution in [2.75, 3.05) is 0 Å². The highest BCUT2D eigenvalue weighted by Gasteiger charge is 2.22. The molecule has 2 rings (SSSR count). The first kappa shape index (κ1) is 14.6. The van der Waals surface area contributed by atoms with Crippen molar-refractivity contribution in [1.82, 2.24) is 4.98 Å². The number of hydrogen-bond acceptors (Lipinski definition) is 5. The average molecular weight is 291 g/mol. The van der Waals surface area contributed by atoms with E-state index in [1.807, 2.05) is 13.0 Å². The molecule has 0 atom stereocenters. The highest BCUT2D eigenvalue weighted by molar-refractivity contribution is 5.93. The molecule has 0 aliphatic heterocycles. The second kappa shape index (κ2) is 5.28. The number of nitrogens with zero attached hydrogens (tertiary/aromatic N) is 1. The van der Waals surface area contributed by atoms with Gasteiger partial charge in [0.25, 0.3) is 0 Å². The van der Waals surface area contributed by atoms with Crippen LogP contribution in [-0.4, -0.2) is 27.5 Å². The van der Waals surface area contributed by atoms with Crippen molar-refractivity contribution in [2.45, 2.75) is 20.8 Å². The Kier molecular flexibility index (Phi) is 3.66. The minimum Gasteiger partial charge on any atom is -0.449 e. The van der Waals surface area contributed by atoms with E-state index < -0.39 is 12.3 Å². The van der Waals surface area contributed by atoms with Gasteiger partial charge in [-0.3, -0.25) is 0 Å². The van der Waals surface area contributed by atoms with Crippen LogP contribution in [0.2, 0.25) is 0 Å². The highest BCUT2D eigenvalue weighted by Crippen LogP contribution is 2.39. The Labute approximate surface area is 119 Å². The topological polar surface area (TPSA) is 106 Å². The number of aryl methyl sites for hydroxylation is 3. The van der Waals surface area contributed by atoms with E-state index in [4.69, 9.17) is 14.9 Å². The van der Waals surface area contributed by atoms with Crippen molar-refractivity contribution >= 4 is 23.2 Å². The Morgan fingerprint density at radius 3 is 2.14 bits per heavy atom. The quantitative estimate of drug-likeness (QED) is 0.818. The lowest BCUT2D eigenvalue weighted by molar-refractivity contribution is 0.133. The summed E-state index contributed by atoms with van der Waals surface area (Å²) in [6.45, 7) is 5.13. The van der Waals surface area contributed by atoms with Gasteiger partial charge in [-0.05, 0) is 38.0 Å². The lowest BCUT2D eigenvalue weighted by atomic mass is 10.0. The van der Waals surface area contributed by atoms with Crippen LogP contribution in [0.3, 0.4) is 0 Å². The summed E-state index contributed by atoms with van der Waals surface area (Å²) >= 11 is 0. The Balaban J connectivity index is 2.87. The Morgan fingerprint density at radius 1 is 1.00 bits per heavy atom. The lowest BCUT2D eigenvalue weighted by Crippen LogP contribution is -2.11. The van der Waals surface area contributed by atoms with Crippen molar-refractivity contribution in [3.63, 3.8) is 0 Å². The van der Waals surface area contributed by atoms with E-state index in [2.05, 4.69) is 9.72 Å². The highest BCUT2D eigenvalue weighted by atomic mass is 16.7. The molecule has 0 spiro atoms. The average Bonchev–Trinajstić information content (AvgIpc) is 2.37. The number of ether oxygens (including phenoxy) is 2. The zero-order chi connectivity index (χ0) is 15.7. The molecule has 1 aromatic heterocycles. The van der Waals surface area contributed by atoms with Crippen LogP contribution < -0.4 is 9.47 Å². The van der Waals surface area contributed by atoms with E-state index in [1.165, 1.54) is 6.92 Å². The summed E-state index contributed by atoms with van der Waals surface area (Å²) in [5.74, 6) is -0.375. The molecule has 1 aromatic carbocycles. The monoisotopic (exact) mass is 291 g/mol. The van der Waals surface area contributed by atoms with E-state index in [9.17, 15) is 9.59 Å². The summed E-state index contributed by atoms with van der Waals surface area (Å²) in [6.07, 6.45) is -3.13. The first-order valence-electron chi connectivity index (χ1n) is 6.03. The first-order valence-corrected chi connectivity index (χ1v) is 6.03. The molecule has 2 aromatic rings. The maximum Gasteiger partial charge on any atom is 0.511 e. The minimum atomic E-state index is -1.57. The molecule has 0 amide bonds. The minimum absolute atomic E-state index is 0.159. The van der Waals surface area contributed by atoms with Gasteiger partial charge in [0.05, 0.1) is 16.6 Å².